The van der Waals surface area contributed by atoms with Crippen molar-refractivity contribution in [3.8, 4) is 0 Å². The first-order valence-corrected chi connectivity index (χ1v) is 15.2. The van der Waals surface area contributed by atoms with Crippen LogP contribution in [0.15, 0.2) is 97.3 Å². The van der Waals surface area contributed by atoms with Gasteiger partial charge in [0.15, 0.2) is 5.78 Å². The summed E-state index contributed by atoms with van der Waals surface area (Å²) in [5.41, 5.74) is 4.44. The maximum Gasteiger partial charge on any atom is 0.251 e. The summed E-state index contributed by atoms with van der Waals surface area (Å²) in [5.74, 6) is -0.854. The maximum absolute atomic E-state index is 13.7. The highest BCUT2D eigenvalue weighted by atomic mass is 16.3. The summed E-state index contributed by atoms with van der Waals surface area (Å²) < 4.78 is 0. The summed E-state index contributed by atoms with van der Waals surface area (Å²) in [7, 11) is 1.88. The summed E-state index contributed by atoms with van der Waals surface area (Å²) in [5, 5.41) is 17.4. The number of ketones is 1. The molecule has 0 aliphatic carbocycles. The van der Waals surface area contributed by atoms with Crippen molar-refractivity contribution in [3.05, 3.63) is 131 Å². The van der Waals surface area contributed by atoms with Crippen LogP contribution in [-0.2, 0) is 6.42 Å². The first kappa shape index (κ1) is 33.1. The highest BCUT2D eigenvalue weighted by molar-refractivity contribution is 6.04. The van der Waals surface area contributed by atoms with E-state index >= 15 is 0 Å². The number of nitrogens with zero attached hydrogens (tertiary/aromatic N) is 2. The van der Waals surface area contributed by atoms with E-state index in [2.05, 4.69) is 29.5 Å². The van der Waals surface area contributed by atoms with Crippen LogP contribution in [-0.4, -0.2) is 53.4 Å². The minimum absolute atomic E-state index is 0.160. The van der Waals surface area contributed by atoms with Gasteiger partial charge in [-0.15, -0.1) is 0 Å². The van der Waals surface area contributed by atoms with Gasteiger partial charge < -0.3 is 20.6 Å². The zero-order valence-corrected chi connectivity index (χ0v) is 26.5. The normalized spacial score (nSPS) is 13.0. The van der Waals surface area contributed by atoms with Crippen LogP contribution in [0.5, 0.6) is 0 Å². The van der Waals surface area contributed by atoms with Gasteiger partial charge in [-0.3, -0.25) is 19.4 Å². The monoisotopic (exact) mass is 606 g/mol. The molecule has 8 heteroatoms. The van der Waals surface area contributed by atoms with Crippen molar-refractivity contribution >= 4 is 23.3 Å². The third kappa shape index (κ3) is 9.09. The Hall–Kier alpha value is -4.82. The number of hydrogen-bond donors (Lipinski definition) is 3. The fourth-order valence-corrected chi connectivity index (χ4v) is 5.08. The number of likely N-dealkylation sites (N-methyl/N-ethyl adjacent to an activating group) is 1. The zero-order chi connectivity index (χ0) is 32.5. The smallest absolute Gasteiger partial charge is 0.251 e. The van der Waals surface area contributed by atoms with Crippen molar-refractivity contribution in [3.63, 3.8) is 0 Å². The van der Waals surface area contributed by atoms with Crippen molar-refractivity contribution in [2.24, 2.45) is 0 Å². The third-order valence-corrected chi connectivity index (χ3v) is 7.90. The van der Waals surface area contributed by atoms with Crippen molar-refractivity contribution in [2.45, 2.75) is 58.2 Å². The van der Waals surface area contributed by atoms with Gasteiger partial charge in [0.05, 0.1) is 30.1 Å². The van der Waals surface area contributed by atoms with E-state index in [1.54, 1.807) is 6.20 Å². The minimum Gasteiger partial charge on any atom is -0.389 e. The van der Waals surface area contributed by atoms with Crippen LogP contribution in [0.3, 0.4) is 0 Å². The number of carbonyl (C=O) groups is 3. The number of carbonyl (C=O) groups excluding carboxylic acids is 3. The molecule has 0 radical (unpaired) electrons. The van der Waals surface area contributed by atoms with Gasteiger partial charge in [-0.1, -0.05) is 74.5 Å². The summed E-state index contributed by atoms with van der Waals surface area (Å²) >= 11 is 0. The molecule has 0 aliphatic rings. The summed E-state index contributed by atoms with van der Waals surface area (Å²) in [6.45, 7) is 7.70. The predicted molar refractivity (Wildman–Crippen MR) is 178 cm³/mol. The molecule has 0 bridgehead atoms. The quantitative estimate of drug-likeness (QED) is 0.168. The molecular formula is C37H42N4O4. The third-order valence-electron chi connectivity index (χ3n) is 7.90. The number of aliphatic hydroxyl groups is 1. The molecule has 234 valence electrons. The molecule has 4 aromatic rings. The molecule has 0 saturated heterocycles. The summed E-state index contributed by atoms with van der Waals surface area (Å²) in [6, 6.07) is 24.7. The molecule has 0 aliphatic heterocycles. The standard InChI is InChI=1S/C37H42N4O4/c1-24(2)32-20-33(22-38-21-32)41(5)23-35(43)34(16-27-12-8-6-9-13-27)40-37(45)31-18-29(26(4)42)17-30(19-31)36(44)39-25(3)28-14-10-7-11-15-28/h6-15,17-22,24-25,34-35,43H,16,23H2,1-5H3,(H,39,44)(H,40,45)/t25-,34+,35-/m1/s1. The number of rotatable bonds is 13. The van der Waals surface area contributed by atoms with Crippen LogP contribution in [0.1, 0.15) is 87.4 Å². The van der Waals surface area contributed by atoms with E-state index in [9.17, 15) is 19.5 Å². The highest BCUT2D eigenvalue weighted by Gasteiger charge is 2.25. The van der Waals surface area contributed by atoms with E-state index in [0.29, 0.717) is 12.3 Å². The van der Waals surface area contributed by atoms with Crippen LogP contribution >= 0.6 is 0 Å². The molecule has 0 fully saturated rings. The molecular weight excluding hydrogens is 564 g/mol. The number of pyridine rings is 1. The number of benzene rings is 3. The molecule has 1 heterocycles. The largest absolute Gasteiger partial charge is 0.389 e. The molecule has 3 atom stereocenters. The average molecular weight is 607 g/mol. The van der Waals surface area contributed by atoms with Gasteiger partial charge in [0.25, 0.3) is 11.8 Å². The fourth-order valence-electron chi connectivity index (χ4n) is 5.08. The van der Waals surface area contributed by atoms with Gasteiger partial charge in [0.2, 0.25) is 0 Å². The Balaban J connectivity index is 1.57. The molecule has 3 N–H and O–H groups in total. The Labute approximate surface area is 265 Å². The number of Topliss-reactive ketones (excluding diaryl/α,β-unsaturated/α-hetero) is 1. The molecule has 1 aromatic heterocycles. The van der Waals surface area contributed by atoms with Crippen molar-refractivity contribution < 1.29 is 19.5 Å². The van der Waals surface area contributed by atoms with Gasteiger partial charge in [-0.2, -0.15) is 0 Å². The van der Waals surface area contributed by atoms with Gasteiger partial charge >= 0.3 is 0 Å². The molecule has 0 spiro atoms. The molecule has 8 nitrogen and oxygen atoms in total. The number of aromatic nitrogens is 1. The Kier molecular flexibility index (Phi) is 11.2. The lowest BCUT2D eigenvalue weighted by atomic mass is 9.98. The maximum atomic E-state index is 13.7. The molecule has 2 amide bonds. The SMILES string of the molecule is CC(=O)c1cc(C(=O)N[C@@H](Cc2ccccc2)[C@H](O)CN(C)c2cncc(C(C)C)c2)cc(C(=O)N[C@H](C)c2ccccc2)c1. The van der Waals surface area contributed by atoms with Crippen LogP contribution < -0.4 is 15.5 Å². The minimum atomic E-state index is -0.952. The van der Waals surface area contributed by atoms with Gasteiger partial charge in [0.1, 0.15) is 0 Å². The molecule has 0 saturated carbocycles. The van der Waals surface area contributed by atoms with E-state index < -0.39 is 24.0 Å². The summed E-state index contributed by atoms with van der Waals surface area (Å²) in [4.78, 5) is 45.7. The van der Waals surface area contributed by atoms with E-state index in [4.69, 9.17) is 0 Å². The average Bonchev–Trinajstić information content (AvgIpc) is 3.04. The Morgan fingerprint density at radius 1 is 0.778 bits per heavy atom. The van der Waals surface area contributed by atoms with Crippen LogP contribution in [0, 0.1) is 0 Å². The number of anilines is 1. The lowest BCUT2D eigenvalue weighted by molar-refractivity contribution is 0.0843. The topological polar surface area (TPSA) is 112 Å². The molecule has 45 heavy (non-hydrogen) atoms. The second-order valence-electron chi connectivity index (χ2n) is 11.8. The second kappa shape index (κ2) is 15.3. The fraction of sp³-hybridized carbons (Fsp3) is 0.297. The first-order valence-electron chi connectivity index (χ1n) is 15.2. The molecule has 4 rings (SSSR count). The van der Waals surface area contributed by atoms with E-state index in [0.717, 1.165) is 22.4 Å². The predicted octanol–water partition coefficient (Wildman–Crippen LogP) is 5.74. The van der Waals surface area contributed by atoms with E-state index in [1.165, 1.54) is 25.1 Å². The molecule has 3 aromatic carbocycles. The van der Waals surface area contributed by atoms with Crippen LogP contribution in [0.25, 0.3) is 0 Å². The van der Waals surface area contributed by atoms with Crippen LogP contribution in [0.2, 0.25) is 0 Å². The van der Waals surface area contributed by atoms with Gasteiger partial charge in [-0.05, 0) is 67.1 Å². The number of amides is 2. The zero-order valence-electron chi connectivity index (χ0n) is 26.5. The number of hydrogen-bond acceptors (Lipinski definition) is 6. The first-order chi connectivity index (χ1) is 21.5. The summed E-state index contributed by atoms with van der Waals surface area (Å²) in [6.07, 6.45) is 3.01. The Bertz CT molecular complexity index is 1610. The Morgan fingerprint density at radius 3 is 1.96 bits per heavy atom. The molecule has 0 unspecified atom stereocenters. The number of nitrogens with one attached hydrogen (secondary N) is 2. The van der Waals surface area contributed by atoms with Gasteiger partial charge in [0, 0.05) is 36.5 Å². The van der Waals surface area contributed by atoms with Crippen molar-refractivity contribution in [2.75, 3.05) is 18.5 Å². The van der Waals surface area contributed by atoms with Gasteiger partial charge in [-0.25, -0.2) is 0 Å². The van der Waals surface area contributed by atoms with E-state index in [-0.39, 0.29) is 35.1 Å². The van der Waals surface area contributed by atoms with Crippen molar-refractivity contribution in [1.29, 1.82) is 0 Å². The van der Waals surface area contributed by atoms with E-state index in [1.807, 2.05) is 91.8 Å². The lowest BCUT2D eigenvalue weighted by Crippen LogP contribution is -2.49. The highest BCUT2D eigenvalue weighted by Crippen LogP contribution is 2.21. The van der Waals surface area contributed by atoms with Crippen molar-refractivity contribution in [1.82, 2.24) is 15.6 Å². The van der Waals surface area contributed by atoms with Crippen LogP contribution in [0.4, 0.5) is 5.69 Å². The lowest BCUT2D eigenvalue weighted by Gasteiger charge is -2.29. The second-order valence-corrected chi connectivity index (χ2v) is 11.8. The number of aliphatic hydroxyl groups excluding tert-OH is 1. The Morgan fingerprint density at radius 2 is 1.36 bits per heavy atom.